The number of carbonyl (C=O) groups excluding carboxylic acids is 1. The molecule has 4 heteroatoms. The molecule has 4 saturated carbocycles. The van der Waals surface area contributed by atoms with Crippen LogP contribution in [0.2, 0.25) is 0 Å². The molecule has 0 unspecified atom stereocenters. The van der Waals surface area contributed by atoms with E-state index in [-0.39, 0.29) is 21.6 Å². The number of nitrogens with zero attached hydrogens (tertiary/aromatic N) is 2. The Labute approximate surface area is 129 Å². The van der Waals surface area contributed by atoms with E-state index in [2.05, 4.69) is 22.0 Å². The van der Waals surface area contributed by atoms with Crippen molar-refractivity contribution >= 4 is 21.8 Å². The largest absolute Gasteiger partial charge is 0.344 e. The van der Waals surface area contributed by atoms with E-state index in [0.29, 0.717) is 6.54 Å². The number of hydrogen-bond acceptors (Lipinski definition) is 2. The Kier molecular flexibility index (Phi) is 3.40. The van der Waals surface area contributed by atoms with Crippen LogP contribution in [-0.4, -0.2) is 28.7 Å². The summed E-state index contributed by atoms with van der Waals surface area (Å²) in [6.45, 7) is 2.44. The number of alkyl halides is 1. The van der Waals surface area contributed by atoms with E-state index in [1.54, 1.807) is 0 Å². The number of amides is 1. The molecular formula is C16H23BrN2O. The lowest BCUT2D eigenvalue weighted by atomic mass is 9.49. The van der Waals surface area contributed by atoms with Crippen LogP contribution in [0.5, 0.6) is 0 Å². The third kappa shape index (κ3) is 2.28. The molecule has 4 aliphatic carbocycles. The fourth-order valence-electron chi connectivity index (χ4n) is 5.34. The van der Waals surface area contributed by atoms with E-state index in [4.69, 9.17) is 5.26 Å². The van der Waals surface area contributed by atoms with Crippen LogP contribution in [0.4, 0.5) is 0 Å². The molecule has 110 valence electrons. The van der Waals surface area contributed by atoms with Crippen LogP contribution in [-0.2, 0) is 4.79 Å². The fraction of sp³-hybridized carbons (Fsp3) is 0.875. The molecule has 1 amide bonds. The molecular weight excluding hydrogens is 316 g/mol. The van der Waals surface area contributed by atoms with E-state index in [1.165, 1.54) is 19.3 Å². The van der Waals surface area contributed by atoms with Crippen LogP contribution in [0, 0.1) is 34.5 Å². The van der Waals surface area contributed by atoms with Gasteiger partial charge >= 0.3 is 0 Å². The smallest absolute Gasteiger partial charge is 0.228 e. The Morgan fingerprint density at radius 2 is 2.00 bits per heavy atom. The predicted molar refractivity (Wildman–Crippen MR) is 81.2 cm³/mol. The number of hydrogen-bond donors (Lipinski definition) is 0. The maximum absolute atomic E-state index is 13.0. The highest BCUT2D eigenvalue weighted by Crippen LogP contribution is 2.64. The molecule has 3 atom stereocenters. The second-order valence-electron chi connectivity index (χ2n) is 7.61. The first-order chi connectivity index (χ1) is 9.36. The van der Waals surface area contributed by atoms with Crippen molar-refractivity contribution in [3.63, 3.8) is 0 Å². The molecule has 0 aromatic heterocycles. The lowest BCUT2D eigenvalue weighted by molar-refractivity contribution is -0.154. The third-order valence-corrected chi connectivity index (χ3v) is 6.49. The minimum absolute atomic E-state index is 0.0872. The van der Waals surface area contributed by atoms with Crippen LogP contribution in [0.15, 0.2) is 0 Å². The summed E-state index contributed by atoms with van der Waals surface area (Å²) >= 11 is 3.95. The summed E-state index contributed by atoms with van der Waals surface area (Å²) < 4.78 is 0.217. The summed E-state index contributed by atoms with van der Waals surface area (Å²) in [5.74, 6) is 1.65. The van der Waals surface area contributed by atoms with Crippen LogP contribution in [0.25, 0.3) is 0 Å². The maximum atomic E-state index is 13.0. The average molecular weight is 339 g/mol. The Balaban J connectivity index is 1.79. The molecule has 0 aromatic rings. The fourth-order valence-corrected chi connectivity index (χ4v) is 6.79. The molecule has 4 aliphatic rings. The van der Waals surface area contributed by atoms with Gasteiger partial charge in [-0.3, -0.25) is 4.79 Å². The van der Waals surface area contributed by atoms with Crippen molar-refractivity contribution in [1.82, 2.24) is 4.90 Å². The summed E-state index contributed by atoms with van der Waals surface area (Å²) in [5, 5.41) is 8.95. The zero-order valence-corrected chi connectivity index (χ0v) is 13.9. The zero-order chi connectivity index (χ0) is 14.5. The Hall–Kier alpha value is -0.560. The molecule has 3 nitrogen and oxygen atoms in total. The standard InChI is InChI=1S/C16H23BrN2O/c1-11(8-18)9-19(2)14(20)15-4-12-3-13(5-15)7-16(17,6-12)10-15/h11-13H,3-7,9-10H2,1-2H3/t11-,12+,13+,15?,16?/m0/s1. The van der Waals surface area contributed by atoms with Crippen molar-refractivity contribution in [3.05, 3.63) is 0 Å². The number of halogens is 1. The molecule has 20 heavy (non-hydrogen) atoms. The highest BCUT2D eigenvalue weighted by atomic mass is 79.9. The van der Waals surface area contributed by atoms with Crippen LogP contribution in [0.3, 0.4) is 0 Å². The molecule has 0 heterocycles. The van der Waals surface area contributed by atoms with Crippen LogP contribution < -0.4 is 0 Å². The van der Waals surface area contributed by atoms with Crippen molar-refractivity contribution in [2.75, 3.05) is 13.6 Å². The van der Waals surface area contributed by atoms with Crippen molar-refractivity contribution < 1.29 is 4.79 Å². The summed E-state index contributed by atoms with van der Waals surface area (Å²) in [6.07, 6.45) is 6.95. The van der Waals surface area contributed by atoms with Gasteiger partial charge < -0.3 is 4.90 Å². The van der Waals surface area contributed by atoms with Gasteiger partial charge in [0.1, 0.15) is 0 Å². The second kappa shape index (κ2) is 4.73. The first-order valence-electron chi connectivity index (χ1n) is 7.70. The van der Waals surface area contributed by atoms with Gasteiger partial charge in [-0.1, -0.05) is 15.9 Å². The maximum Gasteiger partial charge on any atom is 0.228 e. The minimum Gasteiger partial charge on any atom is -0.344 e. The summed E-state index contributed by atoms with van der Waals surface area (Å²) in [5.41, 5.74) is -0.141. The van der Waals surface area contributed by atoms with Gasteiger partial charge in [0.25, 0.3) is 0 Å². The Morgan fingerprint density at radius 3 is 2.50 bits per heavy atom. The van der Waals surface area contributed by atoms with Gasteiger partial charge in [0.2, 0.25) is 5.91 Å². The van der Waals surface area contributed by atoms with Gasteiger partial charge in [-0.05, 0) is 57.3 Å². The molecule has 4 bridgehead atoms. The molecule has 0 aliphatic heterocycles. The molecule has 0 spiro atoms. The Morgan fingerprint density at radius 1 is 1.40 bits per heavy atom. The van der Waals surface area contributed by atoms with Crippen LogP contribution in [0.1, 0.15) is 45.4 Å². The summed E-state index contributed by atoms with van der Waals surface area (Å²) in [7, 11) is 1.87. The molecule has 4 fully saturated rings. The highest BCUT2D eigenvalue weighted by Gasteiger charge is 2.60. The van der Waals surface area contributed by atoms with Gasteiger partial charge in [-0.15, -0.1) is 0 Å². The number of carbonyl (C=O) groups is 1. The van der Waals surface area contributed by atoms with Crippen molar-refractivity contribution in [1.29, 1.82) is 5.26 Å². The number of rotatable bonds is 3. The van der Waals surface area contributed by atoms with E-state index in [1.807, 2.05) is 18.9 Å². The van der Waals surface area contributed by atoms with E-state index >= 15 is 0 Å². The SMILES string of the molecule is C[C@@H](C#N)CN(C)C(=O)C12C[C@H]3C[C@@H](CC(Br)(C3)C1)C2. The van der Waals surface area contributed by atoms with Gasteiger partial charge in [0.05, 0.1) is 17.4 Å². The lowest BCUT2D eigenvalue weighted by Gasteiger charge is -2.60. The predicted octanol–water partition coefficient (Wildman–Crippen LogP) is 3.34. The lowest BCUT2D eigenvalue weighted by Crippen LogP contribution is -2.58. The molecule has 4 rings (SSSR count). The van der Waals surface area contributed by atoms with Crippen LogP contribution >= 0.6 is 15.9 Å². The molecule has 0 aromatic carbocycles. The highest BCUT2D eigenvalue weighted by molar-refractivity contribution is 9.10. The summed E-state index contributed by atoms with van der Waals surface area (Å²) in [6, 6.07) is 2.23. The average Bonchev–Trinajstić information content (AvgIpc) is 2.34. The van der Waals surface area contributed by atoms with Gasteiger partial charge in [0, 0.05) is 17.9 Å². The van der Waals surface area contributed by atoms with Gasteiger partial charge in [-0.25, -0.2) is 0 Å². The van der Waals surface area contributed by atoms with Gasteiger partial charge in [0.15, 0.2) is 0 Å². The van der Waals surface area contributed by atoms with Gasteiger partial charge in [-0.2, -0.15) is 5.26 Å². The van der Waals surface area contributed by atoms with Crippen molar-refractivity contribution in [2.45, 2.75) is 49.8 Å². The Bertz CT molecular complexity index is 456. The first-order valence-corrected chi connectivity index (χ1v) is 8.49. The third-order valence-electron chi connectivity index (χ3n) is 5.56. The monoisotopic (exact) mass is 338 g/mol. The molecule has 0 saturated heterocycles. The molecule has 0 radical (unpaired) electrons. The second-order valence-corrected chi connectivity index (χ2v) is 9.29. The number of nitriles is 1. The molecule has 0 N–H and O–H groups in total. The van der Waals surface area contributed by atoms with Crippen molar-refractivity contribution in [2.24, 2.45) is 23.2 Å². The van der Waals surface area contributed by atoms with E-state index < -0.39 is 0 Å². The van der Waals surface area contributed by atoms with E-state index in [9.17, 15) is 4.79 Å². The quantitative estimate of drug-likeness (QED) is 0.740. The first kappa shape index (κ1) is 14.4. The summed E-state index contributed by atoms with van der Waals surface area (Å²) in [4.78, 5) is 14.8. The topological polar surface area (TPSA) is 44.1 Å². The zero-order valence-electron chi connectivity index (χ0n) is 12.4. The van der Waals surface area contributed by atoms with E-state index in [0.717, 1.165) is 31.1 Å². The normalized spacial score (nSPS) is 43.1. The van der Waals surface area contributed by atoms with Crippen molar-refractivity contribution in [3.8, 4) is 6.07 Å². The minimum atomic E-state index is -0.141.